The maximum atomic E-state index is 11.7. The zero-order valence-electron chi connectivity index (χ0n) is 11.9. The van der Waals surface area contributed by atoms with Crippen LogP contribution < -0.4 is 10.6 Å². The lowest BCUT2D eigenvalue weighted by atomic mass is 10.1. The molecule has 1 aliphatic rings. The molecule has 1 amide bonds. The van der Waals surface area contributed by atoms with Crippen molar-refractivity contribution in [2.75, 3.05) is 32.6 Å². The molecule has 112 valence electrons. The summed E-state index contributed by atoms with van der Waals surface area (Å²) in [6.45, 7) is 4.48. The summed E-state index contributed by atoms with van der Waals surface area (Å²) in [6.07, 6.45) is 4.67. The van der Waals surface area contributed by atoms with Crippen LogP contribution in [0.25, 0.3) is 0 Å². The molecule has 0 saturated carbocycles. The molecule has 0 aromatic heterocycles. The first kappa shape index (κ1) is 16.8. The molecule has 0 bridgehead atoms. The molecule has 0 aromatic rings. The van der Waals surface area contributed by atoms with Gasteiger partial charge in [-0.1, -0.05) is 0 Å². The van der Waals surface area contributed by atoms with Crippen LogP contribution in [0.5, 0.6) is 0 Å². The third-order valence-electron chi connectivity index (χ3n) is 3.40. The van der Waals surface area contributed by atoms with Gasteiger partial charge in [-0.15, -0.1) is 0 Å². The van der Waals surface area contributed by atoms with Gasteiger partial charge in [-0.05, 0) is 39.1 Å². The molecule has 5 nitrogen and oxygen atoms in total. The summed E-state index contributed by atoms with van der Waals surface area (Å²) in [4.78, 5) is 11.7. The van der Waals surface area contributed by atoms with Crippen LogP contribution in [0.4, 0.5) is 0 Å². The molecule has 3 N–H and O–H groups in total. The first-order valence-corrected chi connectivity index (χ1v) is 8.21. The van der Waals surface area contributed by atoms with Crippen LogP contribution in [0, 0.1) is 0 Å². The minimum Gasteiger partial charge on any atom is -0.395 e. The molecule has 1 rings (SSSR count). The number of ether oxygens (including phenoxy) is 1. The number of carbonyl (C=O) groups is 1. The van der Waals surface area contributed by atoms with Gasteiger partial charge in [0.15, 0.2) is 0 Å². The van der Waals surface area contributed by atoms with Crippen molar-refractivity contribution >= 4 is 17.7 Å². The van der Waals surface area contributed by atoms with Gasteiger partial charge in [-0.3, -0.25) is 4.79 Å². The number of hydrogen-bond acceptors (Lipinski definition) is 5. The maximum absolute atomic E-state index is 11.7. The third kappa shape index (κ3) is 6.61. The number of nitrogens with one attached hydrogen (secondary N) is 2. The van der Waals surface area contributed by atoms with Crippen molar-refractivity contribution in [2.45, 2.75) is 43.6 Å². The van der Waals surface area contributed by atoms with Crippen LogP contribution in [0.15, 0.2) is 0 Å². The van der Waals surface area contributed by atoms with Crippen molar-refractivity contribution in [1.29, 1.82) is 0 Å². The highest BCUT2D eigenvalue weighted by Crippen LogP contribution is 2.11. The Labute approximate surface area is 119 Å². The van der Waals surface area contributed by atoms with Crippen LogP contribution in [0.3, 0.4) is 0 Å². The Morgan fingerprint density at radius 3 is 2.79 bits per heavy atom. The molecule has 0 aliphatic carbocycles. The van der Waals surface area contributed by atoms with Gasteiger partial charge in [0.05, 0.1) is 19.3 Å². The van der Waals surface area contributed by atoms with Crippen molar-refractivity contribution < 1.29 is 14.6 Å². The topological polar surface area (TPSA) is 70.6 Å². The second kappa shape index (κ2) is 9.58. The summed E-state index contributed by atoms with van der Waals surface area (Å²) in [5, 5.41) is 15.4. The minimum atomic E-state index is -0.0219. The van der Waals surface area contributed by atoms with E-state index in [2.05, 4.69) is 10.6 Å². The third-order valence-corrected chi connectivity index (χ3v) is 4.56. The average Bonchev–Trinajstić information content (AvgIpc) is 2.41. The zero-order valence-corrected chi connectivity index (χ0v) is 12.7. The van der Waals surface area contributed by atoms with E-state index in [0.29, 0.717) is 19.1 Å². The summed E-state index contributed by atoms with van der Waals surface area (Å²) < 4.78 is 5.69. The van der Waals surface area contributed by atoms with Gasteiger partial charge in [0, 0.05) is 17.7 Å². The first-order valence-electron chi connectivity index (χ1n) is 6.92. The van der Waals surface area contributed by atoms with E-state index in [1.807, 2.05) is 13.2 Å². The fourth-order valence-corrected chi connectivity index (χ4v) is 2.76. The standard InChI is InChI=1S/C13H26N2O3S/c1-10(12(9-16)19-2)15-13(17)5-8-18-11-3-6-14-7-4-11/h10-12,14,16H,3-9H2,1-2H3,(H,15,17). The second-order valence-electron chi connectivity index (χ2n) is 4.88. The first-order chi connectivity index (χ1) is 9.17. The quantitative estimate of drug-likeness (QED) is 0.603. The Kier molecular flexibility index (Phi) is 8.45. The molecule has 19 heavy (non-hydrogen) atoms. The van der Waals surface area contributed by atoms with Gasteiger partial charge >= 0.3 is 0 Å². The molecule has 0 aromatic carbocycles. The number of rotatable bonds is 8. The maximum Gasteiger partial charge on any atom is 0.222 e. The monoisotopic (exact) mass is 290 g/mol. The van der Waals surface area contributed by atoms with Crippen molar-refractivity contribution in [3.8, 4) is 0 Å². The zero-order chi connectivity index (χ0) is 14.1. The van der Waals surface area contributed by atoms with E-state index in [9.17, 15) is 4.79 Å². The summed E-state index contributed by atoms with van der Waals surface area (Å²) in [5.74, 6) is -0.00562. The number of hydrogen-bond donors (Lipinski definition) is 3. The van der Waals surface area contributed by atoms with Crippen LogP contribution in [-0.4, -0.2) is 61.0 Å². The Balaban J connectivity index is 2.13. The van der Waals surface area contributed by atoms with Crippen molar-refractivity contribution in [3.63, 3.8) is 0 Å². The normalized spacial score (nSPS) is 19.9. The van der Waals surface area contributed by atoms with E-state index in [1.54, 1.807) is 11.8 Å². The van der Waals surface area contributed by atoms with Gasteiger partial charge in [-0.2, -0.15) is 11.8 Å². The highest BCUT2D eigenvalue weighted by Gasteiger charge is 2.18. The van der Waals surface area contributed by atoms with Gasteiger partial charge in [0.1, 0.15) is 0 Å². The van der Waals surface area contributed by atoms with Gasteiger partial charge in [-0.25, -0.2) is 0 Å². The predicted octanol–water partition coefficient (Wildman–Crippen LogP) is 0.374. The summed E-state index contributed by atoms with van der Waals surface area (Å²) in [6, 6.07) is -0.0219. The van der Waals surface area contributed by atoms with Crippen LogP contribution in [0.2, 0.25) is 0 Å². The molecule has 1 aliphatic heterocycles. The van der Waals surface area contributed by atoms with Crippen LogP contribution in [0.1, 0.15) is 26.2 Å². The Morgan fingerprint density at radius 1 is 1.53 bits per heavy atom. The van der Waals surface area contributed by atoms with E-state index in [1.165, 1.54) is 0 Å². The number of aliphatic hydroxyl groups is 1. The lowest BCUT2D eigenvalue weighted by Crippen LogP contribution is -2.41. The Morgan fingerprint density at radius 2 is 2.21 bits per heavy atom. The molecule has 2 atom stereocenters. The van der Waals surface area contributed by atoms with Gasteiger partial charge < -0.3 is 20.5 Å². The van der Waals surface area contributed by atoms with Crippen LogP contribution in [-0.2, 0) is 9.53 Å². The number of piperidine rings is 1. The van der Waals surface area contributed by atoms with E-state index in [4.69, 9.17) is 9.84 Å². The largest absolute Gasteiger partial charge is 0.395 e. The van der Waals surface area contributed by atoms with E-state index in [-0.39, 0.29) is 23.8 Å². The summed E-state index contributed by atoms with van der Waals surface area (Å²) in [7, 11) is 0. The highest BCUT2D eigenvalue weighted by atomic mass is 32.2. The number of amides is 1. The van der Waals surface area contributed by atoms with E-state index in [0.717, 1.165) is 25.9 Å². The van der Waals surface area contributed by atoms with Crippen LogP contribution >= 0.6 is 11.8 Å². The smallest absolute Gasteiger partial charge is 0.222 e. The van der Waals surface area contributed by atoms with E-state index < -0.39 is 0 Å². The average molecular weight is 290 g/mol. The van der Waals surface area contributed by atoms with Gasteiger partial charge in [0.2, 0.25) is 5.91 Å². The number of thioether (sulfide) groups is 1. The molecule has 2 unspecified atom stereocenters. The summed E-state index contributed by atoms with van der Waals surface area (Å²) in [5.41, 5.74) is 0. The second-order valence-corrected chi connectivity index (χ2v) is 5.96. The van der Waals surface area contributed by atoms with Crippen molar-refractivity contribution in [1.82, 2.24) is 10.6 Å². The summed E-state index contributed by atoms with van der Waals surface area (Å²) >= 11 is 1.56. The minimum absolute atomic E-state index is 0.00562. The molecule has 1 heterocycles. The Bertz CT molecular complexity index is 256. The van der Waals surface area contributed by atoms with Crippen molar-refractivity contribution in [3.05, 3.63) is 0 Å². The number of aliphatic hydroxyl groups excluding tert-OH is 1. The molecular weight excluding hydrogens is 264 g/mol. The lowest BCUT2D eigenvalue weighted by Gasteiger charge is -2.23. The fraction of sp³-hybridized carbons (Fsp3) is 0.923. The van der Waals surface area contributed by atoms with Crippen molar-refractivity contribution in [2.24, 2.45) is 0 Å². The molecule has 6 heteroatoms. The molecule has 1 saturated heterocycles. The highest BCUT2D eigenvalue weighted by molar-refractivity contribution is 7.99. The fourth-order valence-electron chi connectivity index (χ4n) is 2.14. The number of carbonyl (C=O) groups excluding carboxylic acids is 1. The Hall–Kier alpha value is -0.300. The lowest BCUT2D eigenvalue weighted by molar-refractivity contribution is -0.123. The molecule has 0 radical (unpaired) electrons. The molecule has 0 spiro atoms. The SMILES string of the molecule is CSC(CO)C(C)NC(=O)CCOC1CCNCC1. The molecule has 1 fully saturated rings. The predicted molar refractivity (Wildman–Crippen MR) is 78.5 cm³/mol. The molecular formula is C13H26N2O3S. The van der Waals surface area contributed by atoms with Gasteiger partial charge in [0.25, 0.3) is 0 Å². The van der Waals surface area contributed by atoms with E-state index >= 15 is 0 Å².